The van der Waals surface area contributed by atoms with Gasteiger partial charge in [0.05, 0.1) is 6.61 Å². The molecule has 0 bridgehead atoms. The molecule has 94 valence electrons. The van der Waals surface area contributed by atoms with Gasteiger partial charge < -0.3 is 15.2 Å². The third-order valence-corrected chi connectivity index (χ3v) is 3.46. The Bertz CT molecular complexity index is 363. The molecule has 0 radical (unpaired) electrons. The van der Waals surface area contributed by atoms with Gasteiger partial charge in [0, 0.05) is 13.4 Å². The first-order valence-electron chi connectivity index (χ1n) is 4.41. The van der Waals surface area contributed by atoms with E-state index in [1.54, 1.807) is 0 Å². The number of methoxy groups -OCH3 is 1. The van der Waals surface area contributed by atoms with Gasteiger partial charge in [-0.05, 0) is 6.92 Å². The van der Waals surface area contributed by atoms with E-state index >= 15 is 0 Å². The van der Waals surface area contributed by atoms with E-state index in [1.807, 2.05) is 0 Å². The molecular weight excluding hydrogens is 238 g/mol. The van der Waals surface area contributed by atoms with Crippen molar-refractivity contribution in [3.63, 3.8) is 0 Å². The molecule has 16 heavy (non-hydrogen) atoms. The number of carboxylic acids is 1. The Balaban J connectivity index is 4.59. The molecule has 0 aliphatic carbocycles. The molecule has 0 saturated heterocycles. The quantitative estimate of drug-likeness (QED) is 0.604. The fourth-order valence-electron chi connectivity index (χ4n) is 0.825. The van der Waals surface area contributed by atoms with Gasteiger partial charge in [0.25, 0.3) is 0 Å². The van der Waals surface area contributed by atoms with Crippen molar-refractivity contribution in [2.45, 2.75) is 18.2 Å². The van der Waals surface area contributed by atoms with Crippen LogP contribution in [0.3, 0.4) is 0 Å². The number of ether oxygens (including phenoxy) is 1. The van der Waals surface area contributed by atoms with Crippen LogP contribution in [0.5, 0.6) is 0 Å². The molecule has 8 heteroatoms. The lowest BCUT2D eigenvalue weighted by Gasteiger charge is -2.16. The predicted molar refractivity (Wildman–Crippen MR) is 55.7 cm³/mol. The smallest absolute Gasteiger partial charge is 0.328 e. The molecule has 0 aromatic rings. The van der Waals surface area contributed by atoms with Gasteiger partial charge in [-0.15, -0.1) is 0 Å². The molecule has 0 aromatic heterocycles. The van der Waals surface area contributed by atoms with Crippen molar-refractivity contribution in [3.05, 3.63) is 0 Å². The van der Waals surface area contributed by atoms with Gasteiger partial charge in [0.1, 0.15) is 5.25 Å². The Morgan fingerprint density at radius 1 is 1.44 bits per heavy atom. The first-order chi connectivity index (χ1) is 7.20. The summed E-state index contributed by atoms with van der Waals surface area (Å²) in [4.78, 5) is 22.0. The van der Waals surface area contributed by atoms with Crippen LogP contribution in [0, 0.1) is 0 Å². The van der Waals surface area contributed by atoms with Crippen molar-refractivity contribution in [2.75, 3.05) is 20.0 Å². The van der Waals surface area contributed by atoms with E-state index in [2.05, 4.69) is 10.1 Å². The second-order valence-electron chi connectivity index (χ2n) is 3.33. The highest BCUT2D eigenvalue weighted by molar-refractivity contribution is 7.92. The third kappa shape index (κ3) is 4.58. The zero-order valence-electron chi connectivity index (χ0n) is 9.26. The molecule has 0 heterocycles. The number of carboxylic acid groups (broad SMARTS) is 1. The molecule has 0 aromatic carbocycles. The highest BCUT2D eigenvalue weighted by Crippen LogP contribution is 1.99. The highest BCUT2D eigenvalue weighted by atomic mass is 32.2. The summed E-state index contributed by atoms with van der Waals surface area (Å²) in [7, 11) is -2.25. The Morgan fingerprint density at radius 2 is 1.94 bits per heavy atom. The minimum Gasteiger partial charge on any atom is -0.480 e. The van der Waals surface area contributed by atoms with Crippen LogP contribution in [0.25, 0.3) is 0 Å². The van der Waals surface area contributed by atoms with Crippen LogP contribution in [0.15, 0.2) is 0 Å². The molecule has 2 atom stereocenters. The van der Waals surface area contributed by atoms with Crippen molar-refractivity contribution < 1.29 is 27.9 Å². The topological polar surface area (TPSA) is 110 Å². The summed E-state index contributed by atoms with van der Waals surface area (Å²) in [6, 6.07) is -1.25. The summed E-state index contributed by atoms with van der Waals surface area (Å²) in [6.45, 7) is 0.966. The minimum absolute atomic E-state index is 0.225. The third-order valence-electron chi connectivity index (χ3n) is 1.96. The Kier molecular flexibility index (Phi) is 5.39. The lowest BCUT2D eigenvalue weighted by atomic mass is 10.3. The molecule has 2 N–H and O–H groups in total. The summed E-state index contributed by atoms with van der Waals surface area (Å²) < 4.78 is 26.7. The van der Waals surface area contributed by atoms with Gasteiger partial charge in [-0.3, -0.25) is 4.79 Å². The molecule has 0 aliphatic rings. The molecule has 0 saturated carbocycles. The average molecular weight is 253 g/mol. The van der Waals surface area contributed by atoms with Crippen LogP contribution < -0.4 is 5.32 Å². The molecule has 2 unspecified atom stereocenters. The molecule has 0 fully saturated rings. The lowest BCUT2D eigenvalue weighted by molar-refractivity contribution is -0.143. The standard InChI is InChI=1S/C8H15NO6S/c1-5(16(3,13)14)7(10)9-6(4-15-2)8(11)12/h5-6H,4H2,1-3H3,(H,9,10)(H,11,12). The van der Waals surface area contributed by atoms with Gasteiger partial charge >= 0.3 is 5.97 Å². The Hall–Kier alpha value is -1.15. The zero-order chi connectivity index (χ0) is 12.9. The highest BCUT2D eigenvalue weighted by Gasteiger charge is 2.28. The summed E-state index contributed by atoms with van der Waals surface area (Å²) in [5.41, 5.74) is 0. The Morgan fingerprint density at radius 3 is 2.25 bits per heavy atom. The maximum Gasteiger partial charge on any atom is 0.328 e. The molecule has 7 nitrogen and oxygen atoms in total. The monoisotopic (exact) mass is 253 g/mol. The maximum absolute atomic E-state index is 11.4. The van der Waals surface area contributed by atoms with Crippen LogP contribution in [0.1, 0.15) is 6.92 Å². The van der Waals surface area contributed by atoms with Gasteiger partial charge in [-0.1, -0.05) is 0 Å². The van der Waals surface area contributed by atoms with E-state index in [1.165, 1.54) is 14.0 Å². The number of carbonyl (C=O) groups is 2. The number of hydrogen-bond donors (Lipinski definition) is 2. The van der Waals surface area contributed by atoms with Crippen molar-refractivity contribution in [1.82, 2.24) is 5.32 Å². The van der Waals surface area contributed by atoms with Gasteiger partial charge in [-0.2, -0.15) is 0 Å². The molecule has 0 spiro atoms. The van der Waals surface area contributed by atoms with E-state index in [-0.39, 0.29) is 6.61 Å². The number of amides is 1. The first kappa shape index (κ1) is 14.8. The number of hydrogen-bond acceptors (Lipinski definition) is 5. The first-order valence-corrected chi connectivity index (χ1v) is 6.36. The minimum atomic E-state index is -3.53. The molecular formula is C8H15NO6S. The van der Waals surface area contributed by atoms with E-state index < -0.39 is 33.0 Å². The van der Waals surface area contributed by atoms with E-state index in [4.69, 9.17) is 5.11 Å². The average Bonchev–Trinajstić information content (AvgIpc) is 2.14. The second kappa shape index (κ2) is 5.80. The van der Waals surface area contributed by atoms with Gasteiger partial charge in [0.15, 0.2) is 15.9 Å². The van der Waals surface area contributed by atoms with E-state index in [0.717, 1.165) is 6.26 Å². The normalized spacial score (nSPS) is 15.2. The molecule has 1 amide bonds. The SMILES string of the molecule is COCC(NC(=O)C(C)S(C)(=O)=O)C(=O)O. The summed E-state index contributed by atoms with van der Waals surface area (Å²) in [5.74, 6) is -2.14. The van der Waals surface area contributed by atoms with Crippen molar-refractivity contribution in [3.8, 4) is 0 Å². The largest absolute Gasteiger partial charge is 0.480 e. The fraction of sp³-hybridized carbons (Fsp3) is 0.750. The second-order valence-corrected chi connectivity index (χ2v) is 5.69. The fourth-order valence-corrected chi connectivity index (χ4v) is 1.28. The Labute approximate surface area is 93.7 Å². The number of rotatable bonds is 6. The van der Waals surface area contributed by atoms with E-state index in [9.17, 15) is 18.0 Å². The number of aliphatic carboxylic acids is 1. The van der Waals surface area contributed by atoms with Crippen molar-refractivity contribution >= 4 is 21.7 Å². The van der Waals surface area contributed by atoms with E-state index in [0.29, 0.717) is 0 Å². The molecule has 0 aliphatic heterocycles. The summed E-state index contributed by atoms with van der Waals surface area (Å²) in [5, 5.41) is 9.49. The summed E-state index contributed by atoms with van der Waals surface area (Å²) in [6.07, 6.45) is 0.906. The number of nitrogens with one attached hydrogen (secondary N) is 1. The maximum atomic E-state index is 11.4. The zero-order valence-corrected chi connectivity index (χ0v) is 10.1. The van der Waals surface area contributed by atoms with Gasteiger partial charge in [0.2, 0.25) is 5.91 Å². The van der Waals surface area contributed by atoms with Crippen LogP contribution in [0.4, 0.5) is 0 Å². The van der Waals surface area contributed by atoms with Crippen molar-refractivity contribution in [2.24, 2.45) is 0 Å². The predicted octanol–water partition coefficient (Wildman–Crippen LogP) is -1.36. The number of sulfone groups is 1. The summed E-state index contributed by atoms with van der Waals surface area (Å²) >= 11 is 0. The van der Waals surface area contributed by atoms with Crippen LogP contribution in [0.2, 0.25) is 0 Å². The van der Waals surface area contributed by atoms with Gasteiger partial charge in [-0.25, -0.2) is 13.2 Å². The van der Waals surface area contributed by atoms with Crippen molar-refractivity contribution in [1.29, 1.82) is 0 Å². The van der Waals surface area contributed by atoms with Crippen LogP contribution >= 0.6 is 0 Å². The van der Waals surface area contributed by atoms with Crippen LogP contribution in [-0.2, 0) is 24.2 Å². The van der Waals surface area contributed by atoms with Crippen LogP contribution in [-0.4, -0.2) is 56.7 Å². The molecule has 0 rings (SSSR count). The number of carbonyl (C=O) groups excluding carboxylic acids is 1. The lowest BCUT2D eigenvalue weighted by Crippen LogP contribution is -2.48.